The molecule has 0 bridgehead atoms. The van der Waals surface area contributed by atoms with Crippen molar-refractivity contribution >= 4 is 15.9 Å². The molecule has 0 radical (unpaired) electrons. The van der Waals surface area contributed by atoms with Gasteiger partial charge in [-0.15, -0.1) is 0 Å². The number of phenolic OH excluding ortho intramolecular Hbond substituents is 1. The summed E-state index contributed by atoms with van der Waals surface area (Å²) in [6.45, 7) is 4.06. The van der Waals surface area contributed by atoms with E-state index >= 15 is 0 Å². The number of nitrogens with one attached hydrogen (secondary N) is 1. The zero-order chi connectivity index (χ0) is 11.7. The lowest BCUT2D eigenvalue weighted by Crippen LogP contribution is -1.83. The minimum absolute atomic E-state index is 0.228. The maximum Gasteiger partial charge on any atom is 0.141 e. The van der Waals surface area contributed by atoms with Crippen molar-refractivity contribution < 1.29 is 5.11 Å². The molecular formula is C12H13BrN2O. The lowest BCUT2D eigenvalue weighted by Gasteiger charge is -2.01. The minimum Gasteiger partial charge on any atom is -0.507 e. The van der Waals surface area contributed by atoms with Crippen molar-refractivity contribution in [2.45, 2.75) is 20.3 Å². The molecule has 0 spiro atoms. The van der Waals surface area contributed by atoms with Crippen molar-refractivity contribution in [2.24, 2.45) is 0 Å². The predicted octanol–water partition coefficient (Wildman–Crippen LogP) is 3.42. The van der Waals surface area contributed by atoms with Gasteiger partial charge in [-0.05, 0) is 31.5 Å². The molecule has 3 nitrogen and oxygen atoms in total. The highest BCUT2D eigenvalue weighted by atomic mass is 79.9. The second-order valence-electron chi connectivity index (χ2n) is 3.67. The van der Waals surface area contributed by atoms with E-state index in [4.69, 9.17) is 0 Å². The fraction of sp³-hybridized carbons (Fsp3) is 0.250. The molecule has 0 saturated carbocycles. The monoisotopic (exact) mass is 280 g/mol. The summed E-state index contributed by atoms with van der Waals surface area (Å²) in [4.78, 5) is 7.64. The van der Waals surface area contributed by atoms with E-state index < -0.39 is 0 Å². The first kappa shape index (κ1) is 11.2. The van der Waals surface area contributed by atoms with Gasteiger partial charge in [0.1, 0.15) is 11.6 Å². The van der Waals surface area contributed by atoms with E-state index in [1.54, 1.807) is 6.07 Å². The average molecular weight is 281 g/mol. The molecule has 2 aromatic rings. The van der Waals surface area contributed by atoms with Crippen molar-refractivity contribution in [3.63, 3.8) is 0 Å². The SMILES string of the molecule is CCc1nc(-c2ccc(Br)cc2O)[nH]c1C. The van der Waals surface area contributed by atoms with Gasteiger partial charge in [-0.25, -0.2) is 4.98 Å². The third kappa shape index (κ3) is 1.97. The van der Waals surface area contributed by atoms with Gasteiger partial charge in [-0.3, -0.25) is 0 Å². The number of hydrogen-bond donors (Lipinski definition) is 2. The summed E-state index contributed by atoms with van der Waals surface area (Å²) < 4.78 is 0.854. The number of benzene rings is 1. The standard InChI is InChI=1S/C12H13BrN2O/c1-3-10-7(2)14-12(15-10)9-5-4-8(13)6-11(9)16/h4-6,16H,3H2,1-2H3,(H,14,15). The van der Waals surface area contributed by atoms with Crippen LogP contribution in [0.5, 0.6) is 5.75 Å². The third-order valence-corrected chi connectivity index (χ3v) is 3.03. The zero-order valence-electron chi connectivity index (χ0n) is 9.21. The van der Waals surface area contributed by atoms with Crippen LogP contribution >= 0.6 is 15.9 Å². The second-order valence-corrected chi connectivity index (χ2v) is 4.59. The normalized spacial score (nSPS) is 10.7. The summed E-state index contributed by atoms with van der Waals surface area (Å²) in [5, 5.41) is 9.83. The number of aromatic hydroxyl groups is 1. The van der Waals surface area contributed by atoms with Gasteiger partial charge in [0.15, 0.2) is 0 Å². The van der Waals surface area contributed by atoms with Gasteiger partial charge in [-0.1, -0.05) is 22.9 Å². The number of aromatic amines is 1. The second kappa shape index (κ2) is 4.29. The van der Waals surface area contributed by atoms with Crippen LogP contribution in [0.15, 0.2) is 22.7 Å². The quantitative estimate of drug-likeness (QED) is 0.886. The fourth-order valence-corrected chi connectivity index (χ4v) is 2.02. The van der Waals surface area contributed by atoms with Gasteiger partial charge in [0.05, 0.1) is 11.3 Å². The fourth-order valence-electron chi connectivity index (χ4n) is 1.67. The molecule has 1 aromatic carbocycles. The maximum absolute atomic E-state index is 9.83. The molecule has 2 rings (SSSR count). The van der Waals surface area contributed by atoms with E-state index in [1.165, 1.54) is 0 Å². The lowest BCUT2D eigenvalue weighted by molar-refractivity contribution is 0.476. The largest absolute Gasteiger partial charge is 0.507 e. The number of hydrogen-bond acceptors (Lipinski definition) is 2. The summed E-state index contributed by atoms with van der Waals surface area (Å²) in [7, 11) is 0. The third-order valence-electron chi connectivity index (χ3n) is 2.54. The number of rotatable bonds is 2. The van der Waals surface area contributed by atoms with E-state index in [9.17, 15) is 5.11 Å². The van der Waals surface area contributed by atoms with Crippen molar-refractivity contribution in [1.29, 1.82) is 0 Å². The van der Waals surface area contributed by atoms with Crippen molar-refractivity contribution in [2.75, 3.05) is 0 Å². The molecular weight excluding hydrogens is 268 g/mol. The molecule has 4 heteroatoms. The molecule has 0 aliphatic carbocycles. The Balaban J connectivity index is 2.50. The van der Waals surface area contributed by atoms with E-state index in [0.717, 1.165) is 33.7 Å². The number of aromatic nitrogens is 2. The van der Waals surface area contributed by atoms with Crippen LogP contribution in [0.2, 0.25) is 0 Å². The molecule has 0 aliphatic rings. The van der Waals surface area contributed by atoms with Gasteiger partial charge < -0.3 is 10.1 Å². The Morgan fingerprint density at radius 3 is 2.75 bits per heavy atom. The molecule has 16 heavy (non-hydrogen) atoms. The van der Waals surface area contributed by atoms with Crippen molar-refractivity contribution in [1.82, 2.24) is 9.97 Å². The van der Waals surface area contributed by atoms with E-state index in [0.29, 0.717) is 0 Å². The first-order chi connectivity index (χ1) is 7.61. The van der Waals surface area contributed by atoms with Gasteiger partial charge in [0.2, 0.25) is 0 Å². The van der Waals surface area contributed by atoms with E-state index in [1.807, 2.05) is 19.1 Å². The van der Waals surface area contributed by atoms with Crippen LogP contribution in [-0.2, 0) is 6.42 Å². The molecule has 0 atom stereocenters. The van der Waals surface area contributed by atoms with Crippen LogP contribution < -0.4 is 0 Å². The highest BCUT2D eigenvalue weighted by molar-refractivity contribution is 9.10. The minimum atomic E-state index is 0.228. The topological polar surface area (TPSA) is 48.9 Å². The first-order valence-electron chi connectivity index (χ1n) is 5.16. The average Bonchev–Trinajstić information content (AvgIpc) is 2.59. The van der Waals surface area contributed by atoms with E-state index in [2.05, 4.69) is 32.8 Å². The summed E-state index contributed by atoms with van der Waals surface area (Å²) in [6, 6.07) is 5.40. The van der Waals surface area contributed by atoms with Gasteiger partial charge in [0.25, 0.3) is 0 Å². The Kier molecular flexibility index (Phi) is 3.01. The number of phenols is 1. The molecule has 2 N–H and O–H groups in total. The molecule has 0 unspecified atom stereocenters. The van der Waals surface area contributed by atoms with Crippen molar-refractivity contribution in [3.8, 4) is 17.1 Å². The number of H-pyrrole nitrogens is 1. The number of imidazole rings is 1. The summed E-state index contributed by atoms with van der Waals surface area (Å²) in [5.74, 6) is 0.949. The Bertz CT molecular complexity index is 520. The molecule has 84 valence electrons. The van der Waals surface area contributed by atoms with E-state index in [-0.39, 0.29) is 5.75 Å². The number of halogens is 1. The molecule has 0 fully saturated rings. The molecule has 1 heterocycles. The van der Waals surface area contributed by atoms with Crippen LogP contribution in [0.25, 0.3) is 11.4 Å². The smallest absolute Gasteiger partial charge is 0.141 e. The molecule has 1 aromatic heterocycles. The zero-order valence-corrected chi connectivity index (χ0v) is 10.8. The summed E-state index contributed by atoms with van der Waals surface area (Å²) in [5.41, 5.74) is 2.82. The molecule has 0 amide bonds. The van der Waals surface area contributed by atoms with Crippen LogP contribution in [-0.4, -0.2) is 15.1 Å². The van der Waals surface area contributed by atoms with Gasteiger partial charge >= 0.3 is 0 Å². The highest BCUT2D eigenvalue weighted by Gasteiger charge is 2.10. The Hall–Kier alpha value is -1.29. The predicted molar refractivity (Wildman–Crippen MR) is 67.5 cm³/mol. The van der Waals surface area contributed by atoms with Crippen LogP contribution in [0.3, 0.4) is 0 Å². The lowest BCUT2D eigenvalue weighted by atomic mass is 10.2. The highest BCUT2D eigenvalue weighted by Crippen LogP contribution is 2.30. The Morgan fingerprint density at radius 2 is 2.19 bits per heavy atom. The summed E-state index contributed by atoms with van der Waals surface area (Å²) >= 11 is 3.31. The van der Waals surface area contributed by atoms with Crippen molar-refractivity contribution in [3.05, 3.63) is 34.1 Å². The maximum atomic E-state index is 9.83. The Morgan fingerprint density at radius 1 is 1.44 bits per heavy atom. The van der Waals surface area contributed by atoms with Crippen LogP contribution in [0, 0.1) is 6.92 Å². The number of aryl methyl sites for hydroxylation is 2. The van der Waals surface area contributed by atoms with Gasteiger partial charge in [0, 0.05) is 10.2 Å². The Labute approximate surface area is 103 Å². The van der Waals surface area contributed by atoms with Crippen LogP contribution in [0.1, 0.15) is 18.3 Å². The summed E-state index contributed by atoms with van der Waals surface area (Å²) in [6.07, 6.45) is 0.889. The van der Waals surface area contributed by atoms with Crippen LogP contribution in [0.4, 0.5) is 0 Å². The first-order valence-corrected chi connectivity index (χ1v) is 5.95. The molecule has 0 aliphatic heterocycles. The number of nitrogens with zero attached hydrogens (tertiary/aromatic N) is 1. The van der Waals surface area contributed by atoms with Gasteiger partial charge in [-0.2, -0.15) is 0 Å². The molecule has 0 saturated heterocycles.